The second-order valence-electron chi connectivity index (χ2n) is 4.64. The summed E-state index contributed by atoms with van der Waals surface area (Å²) in [7, 11) is 0. The zero-order chi connectivity index (χ0) is 15.9. The van der Waals surface area contributed by atoms with E-state index in [1.54, 1.807) is 30.5 Å². The Morgan fingerprint density at radius 3 is 2.91 bits per heavy atom. The molecule has 6 nitrogen and oxygen atoms in total. The van der Waals surface area contributed by atoms with Crippen LogP contribution in [0.25, 0.3) is 0 Å². The Morgan fingerprint density at radius 2 is 2.18 bits per heavy atom. The lowest BCUT2D eigenvalue weighted by Gasteiger charge is -2.08. The van der Waals surface area contributed by atoms with E-state index >= 15 is 0 Å². The maximum atomic E-state index is 11.8. The summed E-state index contributed by atoms with van der Waals surface area (Å²) in [6.07, 6.45) is 5.78. The molecule has 0 fully saturated rings. The van der Waals surface area contributed by atoms with Crippen LogP contribution in [-0.2, 0) is 0 Å². The number of carbonyl (C=O) groups excluding carboxylic acids is 1. The first-order valence-corrected chi connectivity index (χ1v) is 6.63. The van der Waals surface area contributed by atoms with Crippen molar-refractivity contribution in [3.63, 3.8) is 0 Å². The monoisotopic (exact) mass is 295 g/mol. The van der Waals surface area contributed by atoms with E-state index in [2.05, 4.69) is 15.3 Å². The van der Waals surface area contributed by atoms with E-state index in [0.29, 0.717) is 11.3 Å². The number of aromatic nitrogens is 1. The molecule has 0 radical (unpaired) electrons. The molecule has 2 rings (SSSR count). The summed E-state index contributed by atoms with van der Waals surface area (Å²) in [6, 6.07) is 8.83. The number of hydrogen-bond donors (Lipinski definition) is 3. The number of pyridine rings is 1. The number of allylic oxidation sites excluding steroid dienone is 1. The molecule has 1 aromatic carbocycles. The number of nitrogens with one attached hydrogen (secondary N) is 1. The Morgan fingerprint density at radius 1 is 1.36 bits per heavy atom. The molecule has 5 N–H and O–H groups in total. The summed E-state index contributed by atoms with van der Waals surface area (Å²) in [4.78, 5) is 19.7. The number of nitrogen functional groups attached to an aromatic ring is 1. The van der Waals surface area contributed by atoms with Crippen LogP contribution in [-0.4, -0.2) is 16.7 Å². The molecule has 0 saturated heterocycles. The third-order valence-corrected chi connectivity index (χ3v) is 2.91. The molecule has 0 spiro atoms. The predicted octanol–water partition coefficient (Wildman–Crippen LogP) is 2.10. The first-order valence-electron chi connectivity index (χ1n) is 6.63. The van der Waals surface area contributed by atoms with Gasteiger partial charge < -0.3 is 16.8 Å². The number of guanidine groups is 1. The highest BCUT2D eigenvalue weighted by Gasteiger charge is 2.01. The summed E-state index contributed by atoms with van der Waals surface area (Å²) in [5.74, 6) is -0.0197. The van der Waals surface area contributed by atoms with Gasteiger partial charge in [0, 0.05) is 41.6 Å². The van der Waals surface area contributed by atoms with Gasteiger partial charge in [0.25, 0.3) is 0 Å². The quantitative estimate of drug-likeness (QED) is 0.263. The first kappa shape index (κ1) is 15.2. The van der Waals surface area contributed by atoms with Crippen LogP contribution in [0.1, 0.15) is 15.9 Å². The van der Waals surface area contributed by atoms with Crippen LogP contribution < -0.4 is 16.8 Å². The van der Waals surface area contributed by atoms with E-state index in [1.165, 1.54) is 18.5 Å². The predicted molar refractivity (Wildman–Crippen MR) is 88.5 cm³/mol. The van der Waals surface area contributed by atoms with Crippen LogP contribution >= 0.6 is 0 Å². The molecule has 22 heavy (non-hydrogen) atoms. The number of carbonyl (C=O) groups is 1. The highest BCUT2D eigenvalue weighted by molar-refractivity contribution is 6.04. The number of hydrogen-bond acceptors (Lipinski definition) is 4. The minimum atomic E-state index is -0.190. The second-order valence-corrected chi connectivity index (χ2v) is 4.64. The number of anilines is 2. The maximum absolute atomic E-state index is 11.8. The van der Waals surface area contributed by atoms with Crippen molar-refractivity contribution >= 4 is 23.1 Å². The van der Waals surface area contributed by atoms with Gasteiger partial charge in [0.05, 0.1) is 0 Å². The summed E-state index contributed by atoms with van der Waals surface area (Å²) >= 11 is 0. The fraction of sp³-hybridized carbons (Fsp3) is 0.0625. The molecule has 0 aliphatic rings. The van der Waals surface area contributed by atoms with Crippen LogP contribution in [0.3, 0.4) is 0 Å². The Labute approximate surface area is 128 Å². The average Bonchev–Trinajstić information content (AvgIpc) is 2.51. The molecule has 0 aliphatic carbocycles. The third kappa shape index (κ3) is 4.17. The molecular weight excluding hydrogens is 278 g/mol. The number of benzene rings is 1. The molecule has 112 valence electrons. The molecule has 1 heterocycles. The number of nitrogens with zero attached hydrogens (tertiary/aromatic N) is 2. The number of nitrogens with two attached hydrogens (primary N) is 2. The van der Waals surface area contributed by atoms with Gasteiger partial charge in [-0.15, -0.1) is 0 Å². The second kappa shape index (κ2) is 7.03. The zero-order valence-corrected chi connectivity index (χ0v) is 12.2. The average molecular weight is 295 g/mol. The van der Waals surface area contributed by atoms with Crippen molar-refractivity contribution in [3.05, 3.63) is 66.1 Å². The Kier molecular flexibility index (Phi) is 4.87. The van der Waals surface area contributed by atoms with Gasteiger partial charge in [0.15, 0.2) is 11.7 Å². The Hall–Kier alpha value is -3.15. The van der Waals surface area contributed by atoms with Crippen molar-refractivity contribution in [3.8, 4) is 0 Å². The van der Waals surface area contributed by atoms with E-state index in [0.717, 1.165) is 11.3 Å². The van der Waals surface area contributed by atoms with Crippen molar-refractivity contribution in [2.75, 3.05) is 11.1 Å². The summed E-state index contributed by atoms with van der Waals surface area (Å²) in [6.45, 7) is 1.93. The largest absolute Gasteiger partial charge is 0.399 e. The van der Waals surface area contributed by atoms with Crippen LogP contribution in [0.4, 0.5) is 11.4 Å². The van der Waals surface area contributed by atoms with Gasteiger partial charge in [-0.2, -0.15) is 0 Å². The van der Waals surface area contributed by atoms with Crippen LogP contribution in [0, 0.1) is 6.92 Å². The molecule has 0 aliphatic heterocycles. The molecule has 6 heteroatoms. The van der Waals surface area contributed by atoms with Gasteiger partial charge in [-0.3, -0.25) is 9.78 Å². The minimum Gasteiger partial charge on any atom is -0.399 e. The van der Waals surface area contributed by atoms with Gasteiger partial charge >= 0.3 is 0 Å². The van der Waals surface area contributed by atoms with Crippen LogP contribution in [0.15, 0.2) is 60.0 Å². The molecule has 0 amide bonds. The highest BCUT2D eigenvalue weighted by Crippen LogP contribution is 2.17. The number of rotatable bonds is 4. The van der Waals surface area contributed by atoms with Crippen LogP contribution in [0.5, 0.6) is 0 Å². The third-order valence-electron chi connectivity index (χ3n) is 2.91. The van der Waals surface area contributed by atoms with Crippen molar-refractivity contribution in [2.45, 2.75) is 6.92 Å². The summed E-state index contributed by atoms with van der Waals surface area (Å²) in [5, 5.41) is 2.94. The van der Waals surface area contributed by atoms with Gasteiger partial charge in [-0.25, -0.2) is 4.99 Å². The van der Waals surface area contributed by atoms with Gasteiger partial charge in [-0.05, 0) is 36.8 Å². The van der Waals surface area contributed by atoms with Crippen LogP contribution in [0.2, 0.25) is 0 Å². The number of aryl methyl sites for hydroxylation is 1. The molecule has 1 aromatic heterocycles. The van der Waals surface area contributed by atoms with Crippen molar-refractivity contribution < 1.29 is 4.79 Å². The fourth-order valence-electron chi connectivity index (χ4n) is 1.73. The highest BCUT2D eigenvalue weighted by atomic mass is 16.1. The zero-order valence-electron chi connectivity index (χ0n) is 12.2. The minimum absolute atomic E-state index is 0.170. The first-order chi connectivity index (χ1) is 10.6. The SMILES string of the molecule is Cc1ccc(N)cc1NC(N)=N/C=C/C(=O)c1cccnc1. The summed E-state index contributed by atoms with van der Waals surface area (Å²) in [5.41, 5.74) is 14.4. The fourth-order valence-corrected chi connectivity index (χ4v) is 1.73. The van der Waals surface area contributed by atoms with E-state index in [9.17, 15) is 4.79 Å². The molecule has 0 saturated carbocycles. The lowest BCUT2D eigenvalue weighted by molar-refractivity contribution is 0.104. The molecule has 0 bridgehead atoms. The number of ketones is 1. The normalized spacial score (nSPS) is 11.6. The van der Waals surface area contributed by atoms with Gasteiger partial charge in [-0.1, -0.05) is 6.07 Å². The topological polar surface area (TPSA) is 106 Å². The molecule has 0 atom stereocenters. The van der Waals surface area contributed by atoms with Gasteiger partial charge in [0.2, 0.25) is 0 Å². The lowest BCUT2D eigenvalue weighted by Crippen LogP contribution is -2.22. The molecular formula is C16H17N5O. The van der Waals surface area contributed by atoms with E-state index in [-0.39, 0.29) is 11.7 Å². The van der Waals surface area contributed by atoms with Gasteiger partial charge in [0.1, 0.15) is 0 Å². The smallest absolute Gasteiger partial charge is 0.197 e. The standard InChI is InChI=1S/C16H17N5O/c1-11-4-5-13(17)9-14(11)21-16(18)20-8-6-15(22)12-3-2-7-19-10-12/h2-10H,17H2,1H3,(H3,18,20,21)/b8-6+. The molecule has 0 unspecified atom stereocenters. The Bertz CT molecular complexity index is 723. The van der Waals surface area contributed by atoms with E-state index in [1.807, 2.05) is 13.0 Å². The number of aliphatic imine (C=N–C) groups is 1. The van der Waals surface area contributed by atoms with Crippen molar-refractivity contribution in [1.29, 1.82) is 0 Å². The lowest BCUT2D eigenvalue weighted by atomic mass is 10.2. The maximum Gasteiger partial charge on any atom is 0.197 e. The van der Waals surface area contributed by atoms with Crippen molar-refractivity contribution in [2.24, 2.45) is 10.7 Å². The van der Waals surface area contributed by atoms with Crippen molar-refractivity contribution in [1.82, 2.24) is 4.98 Å². The van der Waals surface area contributed by atoms with E-state index in [4.69, 9.17) is 11.5 Å². The molecule has 2 aromatic rings. The van der Waals surface area contributed by atoms with E-state index < -0.39 is 0 Å². The summed E-state index contributed by atoms with van der Waals surface area (Å²) < 4.78 is 0. The Balaban J connectivity index is 2.02.